The van der Waals surface area contributed by atoms with Crippen molar-refractivity contribution in [3.8, 4) is 34.0 Å². The standard InChI is InChI=1S/C25H20N2O.Pd/c1-17-7-9-26-24(13-17)20-5-4-6-22(15-20)28-23-12-19(3)11-21(16-23)25-14-18(2)8-10-27-25;/h4-14H,1-3H3;/q-2;+2. The van der Waals surface area contributed by atoms with Crippen LogP contribution in [-0.4, -0.2) is 9.97 Å². The summed E-state index contributed by atoms with van der Waals surface area (Å²) < 4.78 is 6.08. The third-order valence-electron chi connectivity index (χ3n) is 4.36. The maximum absolute atomic E-state index is 6.08. The van der Waals surface area contributed by atoms with Crippen LogP contribution < -0.4 is 4.74 Å². The summed E-state index contributed by atoms with van der Waals surface area (Å²) in [7, 11) is 0. The van der Waals surface area contributed by atoms with Crippen molar-refractivity contribution in [1.82, 2.24) is 9.97 Å². The fraction of sp³-hybridized carbons (Fsp3) is 0.120. The predicted molar refractivity (Wildman–Crippen MR) is 111 cm³/mol. The van der Waals surface area contributed by atoms with Gasteiger partial charge in [0.2, 0.25) is 0 Å². The van der Waals surface area contributed by atoms with E-state index >= 15 is 0 Å². The molecule has 2 heterocycles. The molecule has 3 nitrogen and oxygen atoms in total. The second kappa shape index (κ2) is 9.13. The number of aromatic nitrogens is 2. The molecule has 0 aliphatic carbocycles. The average Bonchev–Trinajstić information content (AvgIpc) is 2.68. The van der Waals surface area contributed by atoms with Crippen LogP contribution in [-0.2, 0) is 20.4 Å². The number of ether oxygens (including phenoxy) is 1. The van der Waals surface area contributed by atoms with E-state index in [1.165, 1.54) is 0 Å². The van der Waals surface area contributed by atoms with E-state index in [1.54, 1.807) is 0 Å². The van der Waals surface area contributed by atoms with Crippen LogP contribution in [0, 0.1) is 32.9 Å². The van der Waals surface area contributed by atoms with Crippen LogP contribution in [0.5, 0.6) is 11.5 Å². The normalized spacial score (nSPS) is 10.3. The van der Waals surface area contributed by atoms with Gasteiger partial charge in [-0.1, -0.05) is 48.4 Å². The van der Waals surface area contributed by atoms with E-state index in [-0.39, 0.29) is 20.4 Å². The third kappa shape index (κ3) is 5.18. The quantitative estimate of drug-likeness (QED) is 0.266. The molecule has 146 valence electrons. The number of rotatable bonds is 4. The van der Waals surface area contributed by atoms with Gasteiger partial charge >= 0.3 is 20.4 Å². The molecule has 0 atom stereocenters. The molecule has 0 unspecified atom stereocenters. The SMILES string of the molecule is Cc1cc(Oc2[c-]c(-c3cc(C)ccn3)ccc2)[c-]c(-c2cc(C)ccn2)c1.[Pd+2]. The van der Waals surface area contributed by atoms with Gasteiger partial charge in [-0.05, 0) is 37.4 Å². The first-order chi connectivity index (χ1) is 13.6. The molecule has 0 saturated heterocycles. The molecule has 0 bridgehead atoms. The summed E-state index contributed by atoms with van der Waals surface area (Å²) in [6.07, 6.45) is 3.62. The Morgan fingerprint density at radius 2 is 1.28 bits per heavy atom. The van der Waals surface area contributed by atoms with Gasteiger partial charge in [-0.3, -0.25) is 0 Å². The van der Waals surface area contributed by atoms with Crippen LogP contribution in [0.4, 0.5) is 0 Å². The Balaban J connectivity index is 0.00000240. The Morgan fingerprint density at radius 1 is 0.655 bits per heavy atom. The third-order valence-corrected chi connectivity index (χ3v) is 4.36. The van der Waals surface area contributed by atoms with Crippen molar-refractivity contribution in [1.29, 1.82) is 0 Å². The maximum Gasteiger partial charge on any atom is 2.00 e. The van der Waals surface area contributed by atoms with E-state index in [2.05, 4.69) is 35.1 Å². The van der Waals surface area contributed by atoms with Crippen molar-refractivity contribution >= 4 is 0 Å². The zero-order chi connectivity index (χ0) is 19.5. The van der Waals surface area contributed by atoms with Gasteiger partial charge in [0.15, 0.2) is 0 Å². The summed E-state index contributed by atoms with van der Waals surface area (Å²) >= 11 is 0. The van der Waals surface area contributed by atoms with E-state index in [1.807, 2.05) is 74.8 Å². The number of nitrogens with zero attached hydrogens (tertiary/aromatic N) is 2. The molecule has 0 aliphatic rings. The Hall–Kier alpha value is -2.80. The largest absolute Gasteiger partial charge is 2.00 e. The van der Waals surface area contributed by atoms with Crippen LogP contribution in [0.3, 0.4) is 0 Å². The van der Waals surface area contributed by atoms with E-state index in [0.717, 1.165) is 39.2 Å². The van der Waals surface area contributed by atoms with Crippen LogP contribution in [0.2, 0.25) is 0 Å². The number of benzene rings is 2. The van der Waals surface area contributed by atoms with E-state index in [9.17, 15) is 0 Å². The summed E-state index contributed by atoms with van der Waals surface area (Å²) in [5, 5.41) is 0. The van der Waals surface area contributed by atoms with Gasteiger partial charge in [-0.25, -0.2) is 0 Å². The summed E-state index contributed by atoms with van der Waals surface area (Å²) in [5.41, 5.74) is 6.98. The first kappa shape index (κ1) is 20.9. The Morgan fingerprint density at radius 3 is 1.93 bits per heavy atom. The van der Waals surface area contributed by atoms with Gasteiger partial charge in [-0.15, -0.1) is 41.0 Å². The molecule has 0 saturated carbocycles. The molecule has 4 aromatic rings. The van der Waals surface area contributed by atoms with E-state index in [0.29, 0.717) is 11.5 Å². The number of hydrogen-bond acceptors (Lipinski definition) is 3. The van der Waals surface area contributed by atoms with Crippen LogP contribution >= 0.6 is 0 Å². The van der Waals surface area contributed by atoms with Gasteiger partial charge in [0.25, 0.3) is 0 Å². The fourth-order valence-electron chi connectivity index (χ4n) is 3.02. The van der Waals surface area contributed by atoms with Gasteiger partial charge in [0.05, 0.1) is 0 Å². The van der Waals surface area contributed by atoms with E-state index in [4.69, 9.17) is 4.74 Å². The summed E-state index contributed by atoms with van der Waals surface area (Å²) in [4.78, 5) is 8.89. The van der Waals surface area contributed by atoms with Crippen molar-refractivity contribution in [2.24, 2.45) is 0 Å². The molecule has 0 spiro atoms. The molecule has 29 heavy (non-hydrogen) atoms. The monoisotopic (exact) mass is 470 g/mol. The molecule has 0 fully saturated rings. The number of aryl methyl sites for hydroxylation is 3. The van der Waals surface area contributed by atoms with Gasteiger partial charge in [0.1, 0.15) is 0 Å². The van der Waals surface area contributed by atoms with E-state index < -0.39 is 0 Å². The molecule has 0 aliphatic heterocycles. The van der Waals surface area contributed by atoms with Crippen LogP contribution in [0.15, 0.2) is 67.0 Å². The molecular weight excluding hydrogens is 451 g/mol. The van der Waals surface area contributed by atoms with Gasteiger partial charge in [0, 0.05) is 23.9 Å². The van der Waals surface area contributed by atoms with Crippen molar-refractivity contribution < 1.29 is 25.2 Å². The predicted octanol–water partition coefficient (Wildman–Crippen LogP) is 6.13. The molecular formula is C25H20N2OPd. The van der Waals surface area contributed by atoms with Crippen molar-refractivity contribution in [3.63, 3.8) is 0 Å². The van der Waals surface area contributed by atoms with Crippen molar-refractivity contribution in [3.05, 3.63) is 95.8 Å². The van der Waals surface area contributed by atoms with Gasteiger partial charge in [-0.2, -0.15) is 0 Å². The molecule has 0 N–H and O–H groups in total. The minimum absolute atomic E-state index is 0. The number of hydrogen-bond donors (Lipinski definition) is 0. The topological polar surface area (TPSA) is 35.0 Å². The zero-order valence-electron chi connectivity index (χ0n) is 16.5. The summed E-state index contributed by atoms with van der Waals surface area (Å²) in [6.45, 7) is 6.14. The molecule has 2 aromatic carbocycles. The molecule has 4 rings (SSSR count). The Bertz CT molecular complexity index is 1140. The zero-order valence-corrected chi connectivity index (χ0v) is 18.0. The van der Waals surface area contributed by atoms with Crippen LogP contribution in [0.1, 0.15) is 16.7 Å². The first-order valence-electron chi connectivity index (χ1n) is 9.17. The minimum atomic E-state index is 0. The summed E-state index contributed by atoms with van der Waals surface area (Å²) in [6, 6.07) is 24.5. The minimum Gasteiger partial charge on any atom is -0.497 e. The maximum atomic E-state index is 6.08. The molecule has 0 radical (unpaired) electrons. The molecule has 2 aromatic heterocycles. The first-order valence-corrected chi connectivity index (χ1v) is 9.17. The average molecular weight is 471 g/mol. The fourth-order valence-corrected chi connectivity index (χ4v) is 3.02. The Labute approximate surface area is 185 Å². The summed E-state index contributed by atoms with van der Waals surface area (Å²) in [5.74, 6) is 1.27. The van der Waals surface area contributed by atoms with Crippen molar-refractivity contribution in [2.45, 2.75) is 20.8 Å². The number of pyridine rings is 2. The smallest absolute Gasteiger partial charge is 0.497 e. The molecule has 0 amide bonds. The second-order valence-corrected chi connectivity index (χ2v) is 6.90. The van der Waals surface area contributed by atoms with Crippen LogP contribution in [0.25, 0.3) is 22.5 Å². The van der Waals surface area contributed by atoms with Gasteiger partial charge < -0.3 is 14.7 Å². The van der Waals surface area contributed by atoms with Crippen molar-refractivity contribution in [2.75, 3.05) is 0 Å². The molecule has 4 heteroatoms. The Kier molecular flexibility index (Phi) is 6.59. The second-order valence-electron chi connectivity index (χ2n) is 6.90.